The van der Waals surface area contributed by atoms with E-state index < -0.39 is 0 Å². The molecule has 0 heterocycles. The van der Waals surface area contributed by atoms with Gasteiger partial charge in [0.1, 0.15) is 17.9 Å². The van der Waals surface area contributed by atoms with Gasteiger partial charge in [-0.05, 0) is 30.2 Å². The normalized spacial score (nSPS) is 9.58. The molecular formula is C14H18N2O3. The summed E-state index contributed by atoms with van der Waals surface area (Å²) in [6, 6.07) is 7.41. The summed E-state index contributed by atoms with van der Waals surface area (Å²) < 4.78 is 10.4. The lowest BCUT2D eigenvalue weighted by Crippen LogP contribution is -2.28. The summed E-state index contributed by atoms with van der Waals surface area (Å²) >= 11 is 0. The second-order valence-corrected chi connectivity index (χ2v) is 4.08. The van der Waals surface area contributed by atoms with Gasteiger partial charge in [-0.1, -0.05) is 0 Å². The molecule has 0 aliphatic heterocycles. The number of nitrogens with zero attached hydrogens (tertiary/aromatic N) is 2. The number of benzene rings is 1. The topological polar surface area (TPSA) is 62.6 Å². The number of carbonyl (C=O) groups excluding carboxylic acids is 1. The van der Waals surface area contributed by atoms with Gasteiger partial charge in [0.25, 0.3) is 0 Å². The van der Waals surface area contributed by atoms with Crippen LogP contribution in [0.15, 0.2) is 18.2 Å². The molecule has 0 aliphatic carbocycles. The van der Waals surface area contributed by atoms with Crippen LogP contribution in [0.2, 0.25) is 0 Å². The van der Waals surface area contributed by atoms with Crippen molar-refractivity contribution in [1.29, 1.82) is 5.26 Å². The highest BCUT2D eigenvalue weighted by molar-refractivity contribution is 5.77. The van der Waals surface area contributed by atoms with Crippen molar-refractivity contribution in [2.75, 3.05) is 27.8 Å². The van der Waals surface area contributed by atoms with Gasteiger partial charge >= 0.3 is 0 Å². The van der Waals surface area contributed by atoms with Gasteiger partial charge in [0, 0.05) is 13.6 Å². The molecule has 1 amide bonds. The van der Waals surface area contributed by atoms with Crippen molar-refractivity contribution >= 4 is 5.91 Å². The average molecular weight is 262 g/mol. The second-order valence-electron chi connectivity index (χ2n) is 4.08. The molecule has 1 aromatic carbocycles. The number of nitriles is 1. The zero-order valence-electron chi connectivity index (χ0n) is 11.5. The molecule has 0 atom stereocenters. The summed E-state index contributed by atoms with van der Waals surface area (Å²) in [5, 5.41) is 8.49. The van der Waals surface area contributed by atoms with Crippen molar-refractivity contribution in [3.63, 3.8) is 0 Å². The maximum absolute atomic E-state index is 11.5. The molecule has 19 heavy (non-hydrogen) atoms. The zero-order valence-corrected chi connectivity index (χ0v) is 11.5. The Balaban J connectivity index is 2.71. The Bertz CT molecular complexity index is 480. The molecule has 0 unspecified atom stereocenters. The lowest BCUT2D eigenvalue weighted by Gasteiger charge is -2.17. The number of hydrogen-bond acceptors (Lipinski definition) is 4. The first-order valence-corrected chi connectivity index (χ1v) is 5.94. The van der Waals surface area contributed by atoms with Crippen molar-refractivity contribution in [1.82, 2.24) is 4.90 Å². The highest BCUT2D eigenvalue weighted by Gasteiger charge is 2.10. The van der Waals surface area contributed by atoms with E-state index in [-0.39, 0.29) is 12.3 Å². The van der Waals surface area contributed by atoms with Crippen LogP contribution in [-0.2, 0) is 11.2 Å². The first-order valence-electron chi connectivity index (χ1n) is 5.94. The van der Waals surface area contributed by atoms with Crippen LogP contribution in [0.1, 0.15) is 12.0 Å². The minimum Gasteiger partial charge on any atom is -0.497 e. The van der Waals surface area contributed by atoms with E-state index in [0.717, 1.165) is 17.1 Å². The predicted molar refractivity (Wildman–Crippen MR) is 71.1 cm³/mol. The second kappa shape index (κ2) is 7.27. The van der Waals surface area contributed by atoms with Crippen molar-refractivity contribution in [3.05, 3.63) is 23.8 Å². The van der Waals surface area contributed by atoms with E-state index >= 15 is 0 Å². The van der Waals surface area contributed by atoms with E-state index in [2.05, 4.69) is 0 Å². The van der Waals surface area contributed by atoms with Crippen molar-refractivity contribution in [3.8, 4) is 17.6 Å². The molecule has 0 spiro atoms. The number of ether oxygens (including phenoxy) is 2. The Hall–Kier alpha value is -2.22. The Labute approximate surface area is 113 Å². The first kappa shape index (κ1) is 14.8. The van der Waals surface area contributed by atoms with E-state index in [1.54, 1.807) is 26.2 Å². The van der Waals surface area contributed by atoms with E-state index in [9.17, 15) is 4.79 Å². The average Bonchev–Trinajstić information content (AvgIpc) is 2.44. The molecular weight excluding hydrogens is 244 g/mol. The van der Waals surface area contributed by atoms with Crippen LogP contribution in [0.5, 0.6) is 11.5 Å². The van der Waals surface area contributed by atoms with Crippen LogP contribution in [0.25, 0.3) is 0 Å². The minimum atomic E-state index is -0.177. The van der Waals surface area contributed by atoms with E-state index in [1.165, 1.54) is 0 Å². The summed E-state index contributed by atoms with van der Waals surface area (Å²) in [5.41, 5.74) is 0.971. The summed E-state index contributed by atoms with van der Waals surface area (Å²) in [7, 11) is 4.90. The maximum Gasteiger partial charge on any atom is 0.236 e. The Morgan fingerprint density at radius 3 is 2.68 bits per heavy atom. The molecule has 1 aromatic rings. The van der Waals surface area contributed by atoms with Crippen molar-refractivity contribution in [2.24, 2.45) is 0 Å². The fourth-order valence-electron chi connectivity index (χ4n) is 1.69. The first-order chi connectivity index (χ1) is 9.12. The molecule has 0 radical (unpaired) electrons. The number of methoxy groups -OCH3 is 2. The third-order valence-corrected chi connectivity index (χ3v) is 2.86. The van der Waals surface area contributed by atoms with E-state index in [0.29, 0.717) is 13.0 Å². The van der Waals surface area contributed by atoms with Crippen LogP contribution in [0, 0.1) is 11.3 Å². The number of rotatable bonds is 6. The smallest absolute Gasteiger partial charge is 0.236 e. The molecule has 1 rings (SSSR count). The molecule has 0 bridgehead atoms. The largest absolute Gasteiger partial charge is 0.497 e. The molecule has 102 valence electrons. The minimum absolute atomic E-state index is 0.0915. The SMILES string of the molecule is COc1ccc(OC)c(CCN(C)C(=O)CC#N)c1. The highest BCUT2D eigenvalue weighted by Crippen LogP contribution is 2.24. The van der Waals surface area contributed by atoms with Gasteiger partial charge < -0.3 is 14.4 Å². The monoisotopic (exact) mass is 262 g/mol. The summed E-state index contributed by atoms with van der Waals surface area (Å²) in [6.45, 7) is 0.532. The van der Waals surface area contributed by atoms with Gasteiger partial charge in [-0.25, -0.2) is 0 Å². The van der Waals surface area contributed by atoms with Crippen molar-refractivity contribution < 1.29 is 14.3 Å². The lowest BCUT2D eigenvalue weighted by atomic mass is 10.1. The summed E-state index contributed by atoms with van der Waals surface area (Å²) in [5.74, 6) is 1.34. The van der Waals surface area contributed by atoms with Gasteiger partial charge in [0.05, 0.1) is 20.3 Å². The molecule has 0 aliphatic rings. The van der Waals surface area contributed by atoms with Crippen LogP contribution in [-0.4, -0.2) is 38.6 Å². The van der Waals surface area contributed by atoms with E-state index in [4.69, 9.17) is 14.7 Å². The quantitative estimate of drug-likeness (QED) is 0.781. The Morgan fingerprint density at radius 1 is 1.37 bits per heavy atom. The third-order valence-electron chi connectivity index (χ3n) is 2.86. The van der Waals surface area contributed by atoms with Crippen LogP contribution < -0.4 is 9.47 Å². The fourth-order valence-corrected chi connectivity index (χ4v) is 1.69. The van der Waals surface area contributed by atoms with Crippen LogP contribution in [0.4, 0.5) is 0 Å². The molecule has 0 fully saturated rings. The molecule has 5 heteroatoms. The molecule has 5 nitrogen and oxygen atoms in total. The Morgan fingerprint density at radius 2 is 2.11 bits per heavy atom. The van der Waals surface area contributed by atoms with Gasteiger partial charge in [0.2, 0.25) is 5.91 Å². The molecule has 0 aromatic heterocycles. The highest BCUT2D eigenvalue weighted by atomic mass is 16.5. The summed E-state index contributed by atoms with van der Waals surface area (Å²) in [6.07, 6.45) is 0.555. The molecule has 0 N–H and O–H groups in total. The number of likely N-dealkylation sites (N-methyl/N-ethyl adjacent to an activating group) is 1. The lowest BCUT2D eigenvalue weighted by molar-refractivity contribution is -0.128. The number of hydrogen-bond donors (Lipinski definition) is 0. The molecule has 0 saturated carbocycles. The van der Waals surface area contributed by atoms with Gasteiger partial charge in [-0.15, -0.1) is 0 Å². The van der Waals surface area contributed by atoms with Gasteiger partial charge in [-0.2, -0.15) is 5.26 Å². The zero-order chi connectivity index (χ0) is 14.3. The van der Waals surface area contributed by atoms with Crippen LogP contribution in [0.3, 0.4) is 0 Å². The van der Waals surface area contributed by atoms with Gasteiger partial charge in [0.15, 0.2) is 0 Å². The fraction of sp³-hybridized carbons (Fsp3) is 0.429. The number of carbonyl (C=O) groups is 1. The standard InChI is InChI=1S/C14H18N2O3/c1-16(14(17)6-8-15)9-7-11-10-12(18-2)4-5-13(11)19-3/h4-5,10H,6-7,9H2,1-3H3. The third kappa shape index (κ3) is 4.18. The number of amides is 1. The molecule has 0 saturated heterocycles. The van der Waals surface area contributed by atoms with Gasteiger partial charge in [-0.3, -0.25) is 4.79 Å². The van der Waals surface area contributed by atoms with E-state index in [1.807, 2.05) is 24.3 Å². The maximum atomic E-state index is 11.5. The van der Waals surface area contributed by atoms with Crippen LogP contribution >= 0.6 is 0 Å². The Kier molecular flexibility index (Phi) is 5.68. The summed E-state index contributed by atoms with van der Waals surface area (Å²) in [4.78, 5) is 13.0. The predicted octanol–water partition coefficient (Wildman–Crippen LogP) is 1.62. The van der Waals surface area contributed by atoms with Crippen molar-refractivity contribution in [2.45, 2.75) is 12.8 Å².